The second-order valence-electron chi connectivity index (χ2n) is 4.08. The van der Waals surface area contributed by atoms with Crippen LogP contribution in [0.15, 0.2) is 18.2 Å². The Kier molecular flexibility index (Phi) is 2.45. The lowest BCUT2D eigenvalue weighted by Gasteiger charge is -2.08. The first-order valence-electron chi connectivity index (χ1n) is 5.19. The number of nitrogens with two attached hydrogens (primary N) is 1. The van der Waals surface area contributed by atoms with Gasteiger partial charge in [0.2, 0.25) is 0 Å². The van der Waals surface area contributed by atoms with Crippen molar-refractivity contribution in [3.63, 3.8) is 0 Å². The number of aromatic nitrogens is 1. The van der Waals surface area contributed by atoms with Crippen molar-refractivity contribution in [3.05, 3.63) is 40.6 Å². The van der Waals surface area contributed by atoms with Crippen molar-refractivity contribution in [2.75, 3.05) is 0 Å². The van der Waals surface area contributed by atoms with Gasteiger partial charge in [-0.1, -0.05) is 0 Å². The van der Waals surface area contributed by atoms with Crippen molar-refractivity contribution in [1.82, 2.24) is 4.98 Å². The first-order valence-corrected chi connectivity index (χ1v) is 5.19. The summed E-state index contributed by atoms with van der Waals surface area (Å²) in [5.74, 6) is 0. The molecule has 0 spiro atoms. The van der Waals surface area contributed by atoms with Crippen molar-refractivity contribution in [2.45, 2.75) is 27.3 Å². The molecule has 15 heavy (non-hydrogen) atoms. The first-order chi connectivity index (χ1) is 7.11. The maximum absolute atomic E-state index is 5.75. The smallest absolute Gasteiger partial charge is 0.0711 e. The van der Waals surface area contributed by atoms with Crippen LogP contribution in [0, 0.1) is 20.8 Å². The Hall–Kier alpha value is -1.41. The van der Waals surface area contributed by atoms with Gasteiger partial charge in [0.1, 0.15) is 0 Å². The minimum absolute atomic E-state index is 0.572. The maximum Gasteiger partial charge on any atom is 0.0711 e. The fraction of sp³-hybridized carbons (Fsp3) is 0.308. The molecule has 2 heteroatoms. The normalized spacial score (nSPS) is 10.9. The quantitative estimate of drug-likeness (QED) is 0.768. The summed E-state index contributed by atoms with van der Waals surface area (Å²) in [4.78, 5) is 4.53. The van der Waals surface area contributed by atoms with E-state index >= 15 is 0 Å². The molecule has 1 heterocycles. The lowest BCUT2D eigenvalue weighted by atomic mass is 10.0. The molecule has 78 valence electrons. The molecule has 2 aromatic rings. The van der Waals surface area contributed by atoms with Gasteiger partial charge in [-0.2, -0.15) is 0 Å². The van der Waals surface area contributed by atoms with Crippen LogP contribution < -0.4 is 5.73 Å². The predicted octanol–water partition coefficient (Wildman–Crippen LogP) is 2.62. The van der Waals surface area contributed by atoms with Crippen molar-refractivity contribution in [2.24, 2.45) is 5.73 Å². The van der Waals surface area contributed by atoms with Gasteiger partial charge >= 0.3 is 0 Å². The second kappa shape index (κ2) is 3.63. The Morgan fingerprint density at radius 1 is 1.07 bits per heavy atom. The van der Waals surface area contributed by atoms with Crippen LogP contribution in [-0.4, -0.2) is 4.98 Å². The van der Waals surface area contributed by atoms with E-state index in [1.54, 1.807) is 0 Å². The average Bonchev–Trinajstić information content (AvgIpc) is 2.19. The number of benzene rings is 1. The SMILES string of the molecule is Cc1cc(CN)c2cc(C)c(C)cc2n1. The number of pyridine rings is 1. The van der Waals surface area contributed by atoms with Gasteiger partial charge in [0.25, 0.3) is 0 Å². The molecule has 0 saturated heterocycles. The standard InChI is InChI=1S/C13H16N2/c1-8-4-12-11(7-14)6-10(3)15-13(12)5-9(8)2/h4-6H,7,14H2,1-3H3. The summed E-state index contributed by atoms with van der Waals surface area (Å²) in [5.41, 5.74) is 11.6. The van der Waals surface area contributed by atoms with Crippen LogP contribution in [0.2, 0.25) is 0 Å². The van der Waals surface area contributed by atoms with E-state index in [1.165, 1.54) is 22.1 Å². The molecule has 0 atom stereocenters. The minimum Gasteiger partial charge on any atom is -0.326 e. The van der Waals surface area contributed by atoms with Gasteiger partial charge in [-0.25, -0.2) is 0 Å². The van der Waals surface area contributed by atoms with E-state index in [0.717, 1.165) is 11.2 Å². The van der Waals surface area contributed by atoms with E-state index in [-0.39, 0.29) is 0 Å². The summed E-state index contributed by atoms with van der Waals surface area (Å²) in [5, 5.41) is 1.19. The van der Waals surface area contributed by atoms with Gasteiger partial charge in [0.15, 0.2) is 0 Å². The molecule has 2 nitrogen and oxygen atoms in total. The number of nitrogens with zero attached hydrogens (tertiary/aromatic N) is 1. The van der Waals surface area contributed by atoms with E-state index in [1.807, 2.05) is 6.92 Å². The Morgan fingerprint density at radius 3 is 2.40 bits per heavy atom. The zero-order valence-electron chi connectivity index (χ0n) is 9.46. The fourth-order valence-corrected chi connectivity index (χ4v) is 1.87. The third-order valence-electron chi connectivity index (χ3n) is 2.86. The molecule has 0 saturated carbocycles. The van der Waals surface area contributed by atoms with Crippen LogP contribution in [0.25, 0.3) is 10.9 Å². The molecule has 0 aliphatic carbocycles. The van der Waals surface area contributed by atoms with E-state index in [2.05, 4.69) is 37.0 Å². The summed E-state index contributed by atoms with van der Waals surface area (Å²) >= 11 is 0. The Labute approximate surface area is 90.1 Å². The third kappa shape index (κ3) is 1.73. The van der Waals surface area contributed by atoms with Crippen LogP contribution in [0.1, 0.15) is 22.4 Å². The van der Waals surface area contributed by atoms with Crippen molar-refractivity contribution < 1.29 is 0 Å². The molecule has 0 fully saturated rings. The van der Waals surface area contributed by atoms with Crippen LogP contribution >= 0.6 is 0 Å². The number of hydrogen-bond acceptors (Lipinski definition) is 2. The molecule has 1 aromatic carbocycles. The van der Waals surface area contributed by atoms with Crippen molar-refractivity contribution in [1.29, 1.82) is 0 Å². The minimum atomic E-state index is 0.572. The Bertz CT molecular complexity index is 515. The third-order valence-corrected chi connectivity index (χ3v) is 2.86. The van der Waals surface area contributed by atoms with Crippen molar-refractivity contribution in [3.8, 4) is 0 Å². The van der Waals surface area contributed by atoms with E-state index < -0.39 is 0 Å². The van der Waals surface area contributed by atoms with E-state index in [4.69, 9.17) is 5.73 Å². The first kappa shape index (κ1) is 10.1. The highest BCUT2D eigenvalue weighted by Gasteiger charge is 2.04. The Balaban J connectivity index is 2.84. The molecule has 2 rings (SSSR count). The molecular formula is C13H16N2. The molecule has 0 aliphatic heterocycles. The van der Waals surface area contributed by atoms with Gasteiger partial charge < -0.3 is 5.73 Å². The zero-order chi connectivity index (χ0) is 11.0. The van der Waals surface area contributed by atoms with Gasteiger partial charge in [0.05, 0.1) is 5.52 Å². The zero-order valence-corrected chi connectivity index (χ0v) is 9.46. The summed E-state index contributed by atoms with van der Waals surface area (Å²) in [6.07, 6.45) is 0. The molecule has 0 radical (unpaired) electrons. The van der Waals surface area contributed by atoms with Crippen LogP contribution in [0.3, 0.4) is 0 Å². The van der Waals surface area contributed by atoms with Gasteiger partial charge in [-0.05, 0) is 55.7 Å². The lowest BCUT2D eigenvalue weighted by Crippen LogP contribution is -2.00. The summed E-state index contributed by atoms with van der Waals surface area (Å²) in [6, 6.07) is 6.38. The maximum atomic E-state index is 5.75. The Morgan fingerprint density at radius 2 is 1.73 bits per heavy atom. The highest BCUT2D eigenvalue weighted by atomic mass is 14.7. The summed E-state index contributed by atoms with van der Waals surface area (Å²) in [6.45, 7) is 6.81. The fourth-order valence-electron chi connectivity index (χ4n) is 1.87. The van der Waals surface area contributed by atoms with E-state index in [0.29, 0.717) is 6.54 Å². The number of hydrogen-bond donors (Lipinski definition) is 1. The van der Waals surface area contributed by atoms with Gasteiger partial charge in [0, 0.05) is 17.6 Å². The number of aryl methyl sites for hydroxylation is 3. The topological polar surface area (TPSA) is 38.9 Å². The molecule has 2 N–H and O–H groups in total. The molecular weight excluding hydrogens is 184 g/mol. The molecule has 1 aromatic heterocycles. The second-order valence-corrected chi connectivity index (χ2v) is 4.08. The van der Waals surface area contributed by atoms with Crippen LogP contribution in [-0.2, 0) is 6.54 Å². The van der Waals surface area contributed by atoms with Gasteiger partial charge in [-0.3, -0.25) is 4.98 Å². The highest BCUT2D eigenvalue weighted by molar-refractivity contribution is 5.84. The highest BCUT2D eigenvalue weighted by Crippen LogP contribution is 2.21. The summed E-state index contributed by atoms with van der Waals surface area (Å²) in [7, 11) is 0. The monoisotopic (exact) mass is 200 g/mol. The number of rotatable bonds is 1. The molecule has 0 bridgehead atoms. The average molecular weight is 200 g/mol. The molecule has 0 unspecified atom stereocenters. The van der Waals surface area contributed by atoms with E-state index in [9.17, 15) is 0 Å². The number of fused-ring (bicyclic) bond motifs is 1. The summed E-state index contributed by atoms with van der Waals surface area (Å²) < 4.78 is 0. The predicted molar refractivity (Wildman–Crippen MR) is 63.8 cm³/mol. The lowest BCUT2D eigenvalue weighted by molar-refractivity contribution is 1.07. The van der Waals surface area contributed by atoms with Crippen LogP contribution in [0.4, 0.5) is 0 Å². The largest absolute Gasteiger partial charge is 0.326 e. The van der Waals surface area contributed by atoms with Crippen molar-refractivity contribution >= 4 is 10.9 Å². The van der Waals surface area contributed by atoms with Gasteiger partial charge in [-0.15, -0.1) is 0 Å². The molecule has 0 amide bonds. The van der Waals surface area contributed by atoms with Crippen LogP contribution in [0.5, 0.6) is 0 Å². The molecule has 0 aliphatic rings.